The van der Waals surface area contributed by atoms with Crippen molar-refractivity contribution in [2.45, 2.75) is 31.3 Å². The molecule has 0 unspecified atom stereocenters. The molecule has 1 fully saturated rings. The van der Waals surface area contributed by atoms with Gasteiger partial charge in [-0.1, -0.05) is 30.3 Å². The molecule has 1 aliphatic carbocycles. The molecule has 0 amide bonds. The number of carboxylic acid groups (broad SMARTS) is 1. The number of halogens is 1. The predicted molar refractivity (Wildman–Crippen MR) is 86.9 cm³/mol. The third kappa shape index (κ3) is 3.20. The Balaban J connectivity index is 1.89. The smallest absolute Gasteiger partial charge is 0.304 e. The first-order valence-electron chi connectivity index (χ1n) is 7.81. The lowest BCUT2D eigenvalue weighted by molar-refractivity contribution is -0.137. The molecule has 0 heterocycles. The number of ether oxygens (including phenoxy) is 2. The van der Waals surface area contributed by atoms with Crippen LogP contribution in [0.3, 0.4) is 0 Å². The Bertz CT molecular complexity index is 739. The fraction of sp³-hybridized carbons (Fsp3) is 0.316. The van der Waals surface area contributed by atoms with Crippen molar-refractivity contribution >= 4 is 5.97 Å². The van der Waals surface area contributed by atoms with E-state index in [1.807, 2.05) is 30.3 Å². The highest BCUT2D eigenvalue weighted by Crippen LogP contribution is 2.55. The molecule has 0 aliphatic heterocycles. The van der Waals surface area contributed by atoms with Crippen molar-refractivity contribution in [2.75, 3.05) is 7.11 Å². The molecule has 1 saturated carbocycles. The van der Waals surface area contributed by atoms with Crippen LogP contribution in [0, 0.1) is 5.82 Å². The molecule has 2 aromatic carbocycles. The van der Waals surface area contributed by atoms with E-state index in [2.05, 4.69) is 0 Å². The second-order valence-electron chi connectivity index (χ2n) is 6.08. The molecule has 1 N–H and O–H groups in total. The Morgan fingerprint density at radius 2 is 1.83 bits per heavy atom. The van der Waals surface area contributed by atoms with Crippen LogP contribution in [-0.2, 0) is 16.8 Å². The van der Waals surface area contributed by atoms with E-state index >= 15 is 4.39 Å². The summed E-state index contributed by atoms with van der Waals surface area (Å²) in [5.41, 5.74) is 0.562. The normalized spacial score (nSPS) is 14.9. The first kappa shape index (κ1) is 16.3. The number of carbonyl (C=O) groups is 1. The van der Waals surface area contributed by atoms with Crippen LogP contribution in [0.4, 0.5) is 4.39 Å². The number of hydrogen-bond donors (Lipinski definition) is 1. The maximum atomic E-state index is 15.0. The summed E-state index contributed by atoms with van der Waals surface area (Å²) < 4.78 is 25.9. The molecule has 2 aromatic rings. The van der Waals surface area contributed by atoms with Crippen molar-refractivity contribution in [1.29, 1.82) is 0 Å². The SMILES string of the molecule is COc1ccc(OCc2ccccc2)c(F)c1C1(CC(=O)O)CC1. The minimum Gasteiger partial charge on any atom is -0.496 e. The first-order chi connectivity index (χ1) is 11.6. The summed E-state index contributed by atoms with van der Waals surface area (Å²) in [5.74, 6) is -0.974. The number of carboxylic acids is 1. The van der Waals surface area contributed by atoms with Crippen LogP contribution in [0.2, 0.25) is 0 Å². The quantitative estimate of drug-likeness (QED) is 0.836. The van der Waals surface area contributed by atoms with Crippen LogP contribution in [-0.4, -0.2) is 18.2 Å². The van der Waals surface area contributed by atoms with Crippen molar-refractivity contribution < 1.29 is 23.8 Å². The Morgan fingerprint density at radius 3 is 2.42 bits per heavy atom. The molecule has 1 aliphatic rings. The Kier molecular flexibility index (Phi) is 4.42. The van der Waals surface area contributed by atoms with E-state index in [0.29, 0.717) is 24.2 Å². The molecule has 3 rings (SSSR count). The highest BCUT2D eigenvalue weighted by atomic mass is 19.1. The maximum absolute atomic E-state index is 15.0. The summed E-state index contributed by atoms with van der Waals surface area (Å²) in [4.78, 5) is 11.1. The number of methoxy groups -OCH3 is 1. The topological polar surface area (TPSA) is 55.8 Å². The van der Waals surface area contributed by atoms with Gasteiger partial charge in [0.1, 0.15) is 12.4 Å². The lowest BCUT2D eigenvalue weighted by Gasteiger charge is -2.20. The molecule has 4 nitrogen and oxygen atoms in total. The molecule has 0 spiro atoms. The molecule has 0 atom stereocenters. The number of benzene rings is 2. The summed E-state index contributed by atoms with van der Waals surface area (Å²) >= 11 is 0. The standard InChI is InChI=1S/C19H19FO4/c1-23-14-7-8-15(24-12-13-5-3-2-4-6-13)18(20)17(14)19(9-10-19)11-16(21)22/h2-8H,9-12H2,1H3,(H,21,22). The van der Waals surface area contributed by atoms with Gasteiger partial charge in [0.2, 0.25) is 0 Å². The second-order valence-corrected chi connectivity index (χ2v) is 6.08. The lowest BCUT2D eigenvalue weighted by atomic mass is 9.90. The van der Waals surface area contributed by atoms with Gasteiger partial charge in [-0.2, -0.15) is 0 Å². The van der Waals surface area contributed by atoms with Gasteiger partial charge in [-0.25, -0.2) is 4.39 Å². The molecular formula is C19H19FO4. The van der Waals surface area contributed by atoms with Crippen LogP contribution >= 0.6 is 0 Å². The van der Waals surface area contributed by atoms with Crippen molar-refractivity contribution in [3.05, 3.63) is 59.4 Å². The van der Waals surface area contributed by atoms with Crippen LogP contribution in [0.5, 0.6) is 11.5 Å². The summed E-state index contributed by atoms with van der Waals surface area (Å²) in [6, 6.07) is 12.6. The number of rotatable bonds is 7. The number of hydrogen-bond acceptors (Lipinski definition) is 3. The zero-order valence-corrected chi connectivity index (χ0v) is 13.4. The highest BCUT2D eigenvalue weighted by molar-refractivity contribution is 5.71. The molecule has 24 heavy (non-hydrogen) atoms. The molecule has 0 saturated heterocycles. The third-order valence-corrected chi connectivity index (χ3v) is 4.40. The van der Waals surface area contributed by atoms with Gasteiger partial charge in [0, 0.05) is 11.0 Å². The van der Waals surface area contributed by atoms with Gasteiger partial charge < -0.3 is 14.6 Å². The molecular weight excluding hydrogens is 311 g/mol. The van der Waals surface area contributed by atoms with Gasteiger partial charge in [0.25, 0.3) is 0 Å². The average molecular weight is 330 g/mol. The summed E-state index contributed by atoms with van der Waals surface area (Å²) in [6.45, 7) is 0.245. The molecule has 0 radical (unpaired) electrons. The molecule has 126 valence electrons. The molecule has 5 heteroatoms. The van der Waals surface area contributed by atoms with Crippen molar-refractivity contribution in [1.82, 2.24) is 0 Å². The second kappa shape index (κ2) is 6.51. The highest BCUT2D eigenvalue weighted by Gasteiger charge is 2.50. The third-order valence-electron chi connectivity index (χ3n) is 4.40. The van der Waals surface area contributed by atoms with E-state index in [1.54, 1.807) is 6.07 Å². The minimum atomic E-state index is -0.940. The van der Waals surface area contributed by atoms with E-state index in [4.69, 9.17) is 14.6 Å². The van der Waals surface area contributed by atoms with Crippen LogP contribution < -0.4 is 9.47 Å². The van der Waals surface area contributed by atoms with E-state index < -0.39 is 17.2 Å². The van der Waals surface area contributed by atoms with Gasteiger partial charge in [-0.05, 0) is 30.5 Å². The van der Waals surface area contributed by atoms with E-state index in [-0.39, 0.29) is 18.8 Å². The zero-order valence-electron chi connectivity index (χ0n) is 13.4. The van der Waals surface area contributed by atoms with E-state index in [1.165, 1.54) is 13.2 Å². The van der Waals surface area contributed by atoms with Crippen molar-refractivity contribution in [3.63, 3.8) is 0 Å². The molecule has 0 bridgehead atoms. The maximum Gasteiger partial charge on any atom is 0.304 e. The predicted octanol–water partition coefficient (Wildman–Crippen LogP) is 3.92. The molecule has 0 aromatic heterocycles. The summed E-state index contributed by atoms with van der Waals surface area (Å²) in [5, 5.41) is 9.13. The van der Waals surface area contributed by atoms with Crippen LogP contribution in [0.1, 0.15) is 30.4 Å². The minimum absolute atomic E-state index is 0.109. The fourth-order valence-electron chi connectivity index (χ4n) is 3.01. The van der Waals surface area contributed by atoms with Crippen LogP contribution in [0.15, 0.2) is 42.5 Å². The Labute approximate surface area is 139 Å². The van der Waals surface area contributed by atoms with E-state index in [0.717, 1.165) is 5.56 Å². The average Bonchev–Trinajstić information content (AvgIpc) is 3.33. The Morgan fingerprint density at radius 1 is 1.17 bits per heavy atom. The van der Waals surface area contributed by atoms with E-state index in [9.17, 15) is 4.79 Å². The first-order valence-corrected chi connectivity index (χ1v) is 7.81. The van der Waals surface area contributed by atoms with Gasteiger partial charge in [0.15, 0.2) is 11.6 Å². The largest absolute Gasteiger partial charge is 0.496 e. The Hall–Kier alpha value is -2.56. The zero-order chi connectivity index (χ0) is 17.2. The van der Waals surface area contributed by atoms with Gasteiger partial charge in [-0.15, -0.1) is 0 Å². The van der Waals surface area contributed by atoms with Crippen molar-refractivity contribution in [3.8, 4) is 11.5 Å². The fourth-order valence-corrected chi connectivity index (χ4v) is 3.01. The van der Waals surface area contributed by atoms with Gasteiger partial charge >= 0.3 is 5.97 Å². The summed E-state index contributed by atoms with van der Waals surface area (Å²) in [6.07, 6.45) is 1.16. The number of aliphatic carboxylic acids is 1. The monoisotopic (exact) mass is 330 g/mol. The van der Waals surface area contributed by atoms with Crippen LogP contribution in [0.25, 0.3) is 0 Å². The van der Waals surface area contributed by atoms with Gasteiger partial charge in [-0.3, -0.25) is 4.79 Å². The summed E-state index contributed by atoms with van der Waals surface area (Å²) in [7, 11) is 1.46. The lowest BCUT2D eigenvalue weighted by Crippen LogP contribution is -2.16. The van der Waals surface area contributed by atoms with Gasteiger partial charge in [0.05, 0.1) is 13.5 Å². The van der Waals surface area contributed by atoms with Crippen molar-refractivity contribution in [2.24, 2.45) is 0 Å².